The van der Waals surface area contributed by atoms with Crippen LogP contribution in [0.2, 0.25) is 0 Å². The van der Waals surface area contributed by atoms with Gasteiger partial charge in [0.15, 0.2) is 0 Å². The van der Waals surface area contributed by atoms with Gasteiger partial charge in [-0.15, -0.1) is 0 Å². The molecule has 2 atom stereocenters. The second-order valence-electron chi connectivity index (χ2n) is 2.36. The fourth-order valence-electron chi connectivity index (χ4n) is 0.407. The second-order valence-corrected chi connectivity index (χ2v) is 2.36. The van der Waals surface area contributed by atoms with Crippen molar-refractivity contribution in [1.29, 1.82) is 0 Å². The van der Waals surface area contributed by atoms with E-state index in [0.29, 0.717) is 0 Å². The van der Waals surface area contributed by atoms with Crippen LogP contribution in [0.25, 0.3) is 0 Å². The maximum atomic E-state index is 10.8. The summed E-state index contributed by atoms with van der Waals surface area (Å²) in [6.45, 7) is 2.87. The van der Waals surface area contributed by atoms with E-state index in [1.54, 1.807) is 0 Å². The molecule has 0 aromatic heterocycles. The summed E-state index contributed by atoms with van der Waals surface area (Å²) < 4.78 is 0. The molecular weight excluding hydrogens is 148 g/mol. The molecule has 0 bridgehead atoms. The zero-order valence-corrected chi connectivity index (χ0v) is 6.50. The summed E-state index contributed by atoms with van der Waals surface area (Å²) >= 11 is 0. The minimum atomic E-state index is -1.07. The van der Waals surface area contributed by atoms with Gasteiger partial charge in [0, 0.05) is 0 Å². The standard InChI is InChI=1S/C6H12N2O3/c1-3(7)5(9)8-4(2)6(10)11/h3-4H,7H2,1-2H3,(H,8,9)(H,10,11)/t3-,4?/m0/s1. The Kier molecular flexibility index (Phi) is 3.53. The van der Waals surface area contributed by atoms with Crippen molar-refractivity contribution in [3.8, 4) is 0 Å². The first-order valence-electron chi connectivity index (χ1n) is 3.24. The van der Waals surface area contributed by atoms with Crippen LogP contribution in [0.15, 0.2) is 0 Å². The zero-order valence-electron chi connectivity index (χ0n) is 6.50. The Hall–Kier alpha value is -1.10. The van der Waals surface area contributed by atoms with Crippen LogP contribution in [0, 0.1) is 0 Å². The number of aliphatic carboxylic acids is 1. The van der Waals surface area contributed by atoms with Crippen LogP contribution < -0.4 is 11.1 Å². The molecule has 0 fully saturated rings. The first-order chi connectivity index (χ1) is 4.95. The van der Waals surface area contributed by atoms with Gasteiger partial charge in [-0.3, -0.25) is 9.59 Å². The molecule has 5 heteroatoms. The smallest absolute Gasteiger partial charge is 0.325 e. The van der Waals surface area contributed by atoms with Gasteiger partial charge < -0.3 is 16.2 Å². The summed E-state index contributed by atoms with van der Waals surface area (Å²) in [6, 6.07) is -1.55. The van der Waals surface area contributed by atoms with Crippen LogP contribution in [-0.2, 0) is 9.59 Å². The molecule has 0 aromatic rings. The van der Waals surface area contributed by atoms with E-state index >= 15 is 0 Å². The maximum Gasteiger partial charge on any atom is 0.325 e. The predicted octanol–water partition coefficient (Wildman–Crippen LogP) is -1.08. The molecule has 0 aliphatic carbocycles. The first kappa shape index (κ1) is 9.90. The Morgan fingerprint density at radius 1 is 1.45 bits per heavy atom. The quantitative estimate of drug-likeness (QED) is 0.489. The molecule has 0 aliphatic rings. The molecule has 0 radical (unpaired) electrons. The molecule has 1 unspecified atom stereocenters. The molecule has 0 aliphatic heterocycles. The minimum absolute atomic E-state index is 0.458. The number of rotatable bonds is 3. The molecule has 0 aromatic carbocycles. The van der Waals surface area contributed by atoms with E-state index in [1.807, 2.05) is 0 Å². The summed E-state index contributed by atoms with van der Waals surface area (Å²) in [5.74, 6) is -1.53. The molecule has 1 amide bonds. The van der Waals surface area contributed by atoms with Crippen molar-refractivity contribution >= 4 is 11.9 Å². The summed E-state index contributed by atoms with van der Waals surface area (Å²) in [7, 11) is 0. The van der Waals surface area contributed by atoms with Gasteiger partial charge in [0.05, 0.1) is 6.04 Å². The van der Waals surface area contributed by atoms with E-state index in [0.717, 1.165) is 0 Å². The van der Waals surface area contributed by atoms with Crippen molar-refractivity contribution in [2.45, 2.75) is 25.9 Å². The summed E-state index contributed by atoms with van der Waals surface area (Å²) in [4.78, 5) is 21.0. The minimum Gasteiger partial charge on any atom is -0.480 e. The fourth-order valence-corrected chi connectivity index (χ4v) is 0.407. The van der Waals surface area contributed by atoms with E-state index in [4.69, 9.17) is 10.8 Å². The number of hydrogen-bond acceptors (Lipinski definition) is 3. The second kappa shape index (κ2) is 3.92. The van der Waals surface area contributed by atoms with Crippen LogP contribution in [-0.4, -0.2) is 29.1 Å². The normalized spacial score (nSPS) is 15.2. The monoisotopic (exact) mass is 160 g/mol. The first-order valence-corrected chi connectivity index (χ1v) is 3.24. The molecule has 0 heterocycles. The van der Waals surface area contributed by atoms with Crippen LogP contribution in [0.5, 0.6) is 0 Å². The summed E-state index contributed by atoms with van der Waals surface area (Å²) in [5, 5.41) is 10.6. The molecule has 64 valence electrons. The van der Waals surface area contributed by atoms with Gasteiger partial charge >= 0.3 is 5.97 Å². The molecule has 5 nitrogen and oxygen atoms in total. The molecule has 11 heavy (non-hydrogen) atoms. The van der Waals surface area contributed by atoms with Crippen LogP contribution >= 0.6 is 0 Å². The Morgan fingerprint density at radius 2 is 1.91 bits per heavy atom. The highest BCUT2D eigenvalue weighted by atomic mass is 16.4. The van der Waals surface area contributed by atoms with Gasteiger partial charge in [-0.05, 0) is 13.8 Å². The predicted molar refractivity (Wildman–Crippen MR) is 38.9 cm³/mol. The third-order valence-electron chi connectivity index (χ3n) is 1.14. The topological polar surface area (TPSA) is 92.4 Å². The lowest BCUT2D eigenvalue weighted by Gasteiger charge is -2.10. The van der Waals surface area contributed by atoms with E-state index < -0.39 is 24.0 Å². The van der Waals surface area contributed by atoms with Gasteiger partial charge in [0.25, 0.3) is 0 Å². The van der Waals surface area contributed by atoms with E-state index in [1.165, 1.54) is 13.8 Å². The van der Waals surface area contributed by atoms with Crippen molar-refractivity contribution in [3.05, 3.63) is 0 Å². The van der Waals surface area contributed by atoms with Crippen molar-refractivity contribution < 1.29 is 14.7 Å². The average Bonchev–Trinajstić information content (AvgIpc) is 1.87. The fraction of sp³-hybridized carbons (Fsp3) is 0.667. The van der Waals surface area contributed by atoms with Gasteiger partial charge in [-0.2, -0.15) is 0 Å². The van der Waals surface area contributed by atoms with E-state index in [-0.39, 0.29) is 0 Å². The molecular formula is C6H12N2O3. The SMILES string of the molecule is CC(NC(=O)[C@H](C)N)C(=O)O. The molecule has 0 spiro atoms. The highest BCUT2D eigenvalue weighted by Crippen LogP contribution is 1.83. The molecule has 0 saturated carbocycles. The number of nitrogens with two attached hydrogens (primary N) is 1. The van der Waals surface area contributed by atoms with Crippen LogP contribution in [0.4, 0.5) is 0 Å². The number of carbonyl (C=O) groups excluding carboxylic acids is 1. The average molecular weight is 160 g/mol. The van der Waals surface area contributed by atoms with Gasteiger partial charge in [0.2, 0.25) is 5.91 Å². The molecule has 4 N–H and O–H groups in total. The van der Waals surface area contributed by atoms with Crippen molar-refractivity contribution in [1.82, 2.24) is 5.32 Å². The molecule has 0 rings (SSSR count). The molecule has 0 saturated heterocycles. The van der Waals surface area contributed by atoms with Crippen molar-refractivity contribution in [2.24, 2.45) is 5.73 Å². The van der Waals surface area contributed by atoms with Crippen LogP contribution in [0.3, 0.4) is 0 Å². The Morgan fingerprint density at radius 3 is 2.18 bits per heavy atom. The number of nitrogens with one attached hydrogen (secondary N) is 1. The lowest BCUT2D eigenvalue weighted by atomic mass is 10.3. The van der Waals surface area contributed by atoms with Crippen molar-refractivity contribution in [2.75, 3.05) is 0 Å². The zero-order chi connectivity index (χ0) is 9.02. The van der Waals surface area contributed by atoms with E-state index in [9.17, 15) is 9.59 Å². The third kappa shape index (κ3) is 3.57. The number of amides is 1. The number of carbonyl (C=O) groups is 2. The lowest BCUT2D eigenvalue weighted by molar-refractivity contribution is -0.141. The lowest BCUT2D eigenvalue weighted by Crippen LogP contribution is -2.45. The highest BCUT2D eigenvalue weighted by Gasteiger charge is 2.15. The van der Waals surface area contributed by atoms with Crippen molar-refractivity contribution in [3.63, 3.8) is 0 Å². The third-order valence-corrected chi connectivity index (χ3v) is 1.14. The maximum absolute atomic E-state index is 10.8. The number of hydrogen-bond donors (Lipinski definition) is 3. The van der Waals surface area contributed by atoms with Gasteiger partial charge in [-0.1, -0.05) is 0 Å². The summed E-state index contributed by atoms with van der Waals surface area (Å²) in [5.41, 5.74) is 5.18. The van der Waals surface area contributed by atoms with Crippen LogP contribution in [0.1, 0.15) is 13.8 Å². The highest BCUT2D eigenvalue weighted by molar-refractivity contribution is 5.86. The van der Waals surface area contributed by atoms with Gasteiger partial charge in [0.1, 0.15) is 6.04 Å². The van der Waals surface area contributed by atoms with E-state index in [2.05, 4.69) is 5.32 Å². The Labute approximate surface area is 64.6 Å². The van der Waals surface area contributed by atoms with Gasteiger partial charge in [-0.25, -0.2) is 0 Å². The largest absolute Gasteiger partial charge is 0.480 e. The summed E-state index contributed by atoms with van der Waals surface area (Å²) in [6.07, 6.45) is 0. The Bertz CT molecular complexity index is 167. The number of carboxylic acids is 1. The Balaban J connectivity index is 3.85. The number of carboxylic acid groups (broad SMARTS) is 1.